The summed E-state index contributed by atoms with van der Waals surface area (Å²) >= 11 is 0. The van der Waals surface area contributed by atoms with E-state index >= 15 is 0 Å². The lowest BCUT2D eigenvalue weighted by Gasteiger charge is -2.11. The van der Waals surface area contributed by atoms with Gasteiger partial charge in [0.15, 0.2) is 11.5 Å². The van der Waals surface area contributed by atoms with E-state index in [4.69, 9.17) is 10.2 Å². The molecule has 0 fully saturated rings. The Morgan fingerprint density at radius 1 is 1.03 bits per heavy atom. The van der Waals surface area contributed by atoms with E-state index in [1.54, 1.807) is 36.7 Å². The van der Waals surface area contributed by atoms with Crippen molar-refractivity contribution in [3.63, 3.8) is 0 Å². The second-order valence-electron chi connectivity index (χ2n) is 7.21. The minimum absolute atomic E-state index is 0.128. The summed E-state index contributed by atoms with van der Waals surface area (Å²) in [6.45, 7) is 0.604. The third kappa shape index (κ3) is 3.42. The number of imidazole rings is 1. The minimum atomic E-state index is -0.358. The highest BCUT2D eigenvalue weighted by Crippen LogP contribution is 2.26. The molecule has 31 heavy (non-hydrogen) atoms. The molecule has 0 radical (unpaired) electrons. The van der Waals surface area contributed by atoms with E-state index in [2.05, 4.69) is 15.0 Å². The molecule has 0 unspecified atom stereocenters. The molecular weight excluding hydrogens is 397 g/mol. The SMILES string of the molecule is Nc1ncnc2c1ncn2CCCc1oc2ccccc2c(=O)c1-c1ccc(F)cc1. The van der Waals surface area contributed by atoms with Gasteiger partial charge < -0.3 is 14.7 Å². The van der Waals surface area contributed by atoms with Gasteiger partial charge in [0.25, 0.3) is 0 Å². The van der Waals surface area contributed by atoms with E-state index in [0.717, 1.165) is 0 Å². The lowest BCUT2D eigenvalue weighted by atomic mass is 10.00. The van der Waals surface area contributed by atoms with Crippen molar-refractivity contribution in [2.75, 3.05) is 5.73 Å². The first-order valence-electron chi connectivity index (χ1n) is 9.84. The van der Waals surface area contributed by atoms with Gasteiger partial charge >= 0.3 is 0 Å². The Bertz CT molecular complexity index is 1460. The largest absolute Gasteiger partial charge is 0.460 e. The Balaban J connectivity index is 1.51. The fraction of sp³-hybridized carbons (Fsp3) is 0.130. The number of nitrogens with zero attached hydrogens (tertiary/aromatic N) is 4. The average Bonchev–Trinajstić information content (AvgIpc) is 3.19. The summed E-state index contributed by atoms with van der Waals surface area (Å²) < 4.78 is 21.5. The molecule has 7 nitrogen and oxygen atoms in total. The fourth-order valence-electron chi connectivity index (χ4n) is 3.75. The average molecular weight is 415 g/mol. The Hall–Kier alpha value is -4.07. The highest BCUT2D eigenvalue weighted by Gasteiger charge is 2.16. The zero-order chi connectivity index (χ0) is 21.4. The molecule has 0 saturated heterocycles. The summed E-state index contributed by atoms with van der Waals surface area (Å²) in [4.78, 5) is 25.7. The molecule has 0 spiro atoms. The summed E-state index contributed by atoms with van der Waals surface area (Å²) in [5, 5.41) is 0.498. The molecule has 0 saturated carbocycles. The van der Waals surface area contributed by atoms with Gasteiger partial charge in [-0.3, -0.25) is 4.79 Å². The lowest BCUT2D eigenvalue weighted by Crippen LogP contribution is -2.10. The van der Waals surface area contributed by atoms with Crippen LogP contribution in [0.25, 0.3) is 33.3 Å². The molecule has 5 aromatic rings. The Morgan fingerprint density at radius 3 is 2.68 bits per heavy atom. The normalized spacial score (nSPS) is 11.4. The van der Waals surface area contributed by atoms with Crippen LogP contribution in [0.5, 0.6) is 0 Å². The Morgan fingerprint density at radius 2 is 1.84 bits per heavy atom. The number of nitrogens with two attached hydrogens (primary N) is 1. The minimum Gasteiger partial charge on any atom is -0.460 e. The van der Waals surface area contributed by atoms with Crippen LogP contribution in [0.3, 0.4) is 0 Å². The summed E-state index contributed by atoms with van der Waals surface area (Å²) in [5.74, 6) is 0.542. The molecule has 0 amide bonds. The molecule has 0 bridgehead atoms. The standard InChI is InChI=1S/C23H18FN5O2/c24-15-9-7-14(8-10-15)19-18(31-17-5-2-1-4-16(17)21(19)30)6-3-11-29-13-28-20-22(25)26-12-27-23(20)29/h1-2,4-5,7-10,12-13H,3,6,11H2,(H2,25,26,27). The lowest BCUT2D eigenvalue weighted by molar-refractivity contribution is 0.514. The number of nitrogen functional groups attached to an aromatic ring is 1. The van der Waals surface area contributed by atoms with E-state index < -0.39 is 0 Å². The molecule has 0 aliphatic carbocycles. The van der Waals surface area contributed by atoms with Crippen molar-refractivity contribution in [3.8, 4) is 11.1 Å². The van der Waals surface area contributed by atoms with Gasteiger partial charge in [-0.2, -0.15) is 0 Å². The van der Waals surface area contributed by atoms with Crippen molar-refractivity contribution >= 4 is 28.0 Å². The van der Waals surface area contributed by atoms with Gasteiger partial charge in [0.05, 0.1) is 17.3 Å². The number of aryl methyl sites for hydroxylation is 2. The van der Waals surface area contributed by atoms with Crippen LogP contribution in [0.15, 0.2) is 70.4 Å². The number of rotatable bonds is 5. The molecule has 5 rings (SSSR count). The summed E-state index contributed by atoms with van der Waals surface area (Å²) in [7, 11) is 0. The third-order valence-electron chi connectivity index (χ3n) is 5.24. The summed E-state index contributed by atoms with van der Waals surface area (Å²) in [6.07, 6.45) is 4.26. The van der Waals surface area contributed by atoms with Crippen molar-refractivity contribution in [3.05, 3.63) is 83.0 Å². The number of benzene rings is 2. The first kappa shape index (κ1) is 18.9. The van der Waals surface area contributed by atoms with Crippen molar-refractivity contribution < 1.29 is 8.81 Å². The van der Waals surface area contributed by atoms with Gasteiger partial charge in [-0.05, 0) is 36.2 Å². The van der Waals surface area contributed by atoms with E-state index in [-0.39, 0.29) is 11.2 Å². The van der Waals surface area contributed by atoms with Crippen LogP contribution in [-0.4, -0.2) is 19.5 Å². The smallest absolute Gasteiger partial charge is 0.200 e. The number of hydrogen-bond donors (Lipinski definition) is 1. The van der Waals surface area contributed by atoms with E-state index in [1.807, 2.05) is 10.6 Å². The van der Waals surface area contributed by atoms with Crippen molar-refractivity contribution in [1.82, 2.24) is 19.5 Å². The first-order valence-corrected chi connectivity index (χ1v) is 9.84. The topological polar surface area (TPSA) is 99.8 Å². The molecular formula is C23H18FN5O2. The maximum atomic E-state index is 13.4. The van der Waals surface area contributed by atoms with Crippen molar-refractivity contribution in [2.45, 2.75) is 19.4 Å². The maximum Gasteiger partial charge on any atom is 0.200 e. The molecule has 0 aliphatic heterocycles. The molecule has 2 aromatic carbocycles. The van der Waals surface area contributed by atoms with Crippen LogP contribution in [-0.2, 0) is 13.0 Å². The van der Waals surface area contributed by atoms with E-state index in [0.29, 0.717) is 64.2 Å². The quantitative estimate of drug-likeness (QED) is 0.466. The predicted octanol–water partition coefficient (Wildman–Crippen LogP) is 3.95. The van der Waals surface area contributed by atoms with Gasteiger partial charge in [-0.15, -0.1) is 0 Å². The van der Waals surface area contributed by atoms with Gasteiger partial charge in [-0.25, -0.2) is 19.3 Å². The second kappa shape index (κ2) is 7.64. The zero-order valence-electron chi connectivity index (χ0n) is 16.5. The van der Waals surface area contributed by atoms with Crippen LogP contribution < -0.4 is 11.2 Å². The second-order valence-corrected chi connectivity index (χ2v) is 7.21. The number of halogens is 1. The zero-order valence-corrected chi connectivity index (χ0v) is 16.5. The maximum absolute atomic E-state index is 13.4. The molecule has 154 valence electrons. The number of hydrogen-bond acceptors (Lipinski definition) is 6. The third-order valence-corrected chi connectivity index (χ3v) is 5.24. The van der Waals surface area contributed by atoms with Crippen molar-refractivity contribution in [2.24, 2.45) is 0 Å². The molecule has 8 heteroatoms. The molecule has 0 aliphatic rings. The van der Waals surface area contributed by atoms with Gasteiger partial charge in [0, 0.05) is 13.0 Å². The van der Waals surface area contributed by atoms with E-state index in [9.17, 15) is 9.18 Å². The summed E-state index contributed by atoms with van der Waals surface area (Å²) in [6, 6.07) is 13.0. The molecule has 3 heterocycles. The predicted molar refractivity (Wildman–Crippen MR) is 116 cm³/mol. The molecule has 0 atom stereocenters. The van der Waals surface area contributed by atoms with Crippen LogP contribution in [0.1, 0.15) is 12.2 Å². The highest BCUT2D eigenvalue weighted by atomic mass is 19.1. The number of para-hydroxylation sites is 1. The van der Waals surface area contributed by atoms with Crippen LogP contribution >= 0.6 is 0 Å². The summed E-state index contributed by atoms with van der Waals surface area (Å²) in [5.41, 5.74) is 8.56. The number of fused-ring (bicyclic) bond motifs is 2. The van der Waals surface area contributed by atoms with Crippen molar-refractivity contribution in [1.29, 1.82) is 0 Å². The van der Waals surface area contributed by atoms with Gasteiger partial charge in [-0.1, -0.05) is 24.3 Å². The number of aromatic nitrogens is 4. The van der Waals surface area contributed by atoms with Gasteiger partial charge in [0.2, 0.25) is 5.43 Å². The van der Waals surface area contributed by atoms with Gasteiger partial charge in [0.1, 0.15) is 29.0 Å². The van der Waals surface area contributed by atoms with Crippen LogP contribution in [0.2, 0.25) is 0 Å². The van der Waals surface area contributed by atoms with Crippen LogP contribution in [0.4, 0.5) is 10.2 Å². The Kier molecular flexibility index (Phi) is 4.66. The fourth-order valence-corrected chi connectivity index (χ4v) is 3.75. The number of anilines is 1. The highest BCUT2D eigenvalue weighted by molar-refractivity contribution is 5.83. The molecule has 2 N–H and O–H groups in total. The van der Waals surface area contributed by atoms with Crippen LogP contribution in [0, 0.1) is 5.82 Å². The Labute approximate surface area is 176 Å². The first-order chi connectivity index (χ1) is 15.1. The monoisotopic (exact) mass is 415 g/mol. The van der Waals surface area contributed by atoms with E-state index in [1.165, 1.54) is 18.5 Å². The molecule has 3 aromatic heterocycles.